The van der Waals surface area contributed by atoms with Crippen LogP contribution in [0.3, 0.4) is 0 Å². The summed E-state index contributed by atoms with van der Waals surface area (Å²) in [7, 11) is 0. The molecular formula is C83H158O5. The molecule has 0 heterocycles. The van der Waals surface area contributed by atoms with Crippen LogP contribution in [-0.4, -0.2) is 36.4 Å². The first kappa shape index (κ1) is 86.1. The van der Waals surface area contributed by atoms with Crippen LogP contribution in [0, 0.1) is 0 Å². The van der Waals surface area contributed by atoms with E-state index in [0.29, 0.717) is 12.8 Å². The van der Waals surface area contributed by atoms with Gasteiger partial charge >= 0.3 is 11.9 Å². The van der Waals surface area contributed by atoms with Gasteiger partial charge in [-0.3, -0.25) is 9.59 Å². The molecule has 0 aromatic heterocycles. The first-order chi connectivity index (χ1) is 43.6. The second-order valence-corrected chi connectivity index (χ2v) is 27.8. The van der Waals surface area contributed by atoms with Crippen LogP contribution in [0.5, 0.6) is 0 Å². The zero-order valence-electron chi connectivity index (χ0n) is 60.0. The first-order valence-corrected chi connectivity index (χ1v) is 40.5. The third-order valence-corrected chi connectivity index (χ3v) is 18.9. The average molecular weight is 1240 g/mol. The van der Waals surface area contributed by atoms with E-state index in [9.17, 15) is 14.7 Å². The molecule has 1 atom stereocenters. The quantitative estimate of drug-likeness (QED) is 0.0373. The van der Waals surface area contributed by atoms with Crippen molar-refractivity contribution in [2.24, 2.45) is 0 Å². The highest BCUT2D eigenvalue weighted by molar-refractivity contribution is 5.70. The molecule has 1 N–H and O–H groups in total. The second-order valence-electron chi connectivity index (χ2n) is 27.8. The van der Waals surface area contributed by atoms with Crippen LogP contribution in [-0.2, 0) is 19.1 Å². The summed E-state index contributed by atoms with van der Waals surface area (Å²) in [5.74, 6) is -0.560. The summed E-state index contributed by atoms with van der Waals surface area (Å²) in [5, 5.41) is 9.73. The Morgan fingerprint density at radius 2 is 0.455 bits per heavy atom. The molecule has 0 aromatic rings. The lowest BCUT2D eigenvalue weighted by atomic mass is 10.0. The molecule has 0 aliphatic carbocycles. The molecule has 88 heavy (non-hydrogen) atoms. The van der Waals surface area contributed by atoms with Gasteiger partial charge in [-0.25, -0.2) is 0 Å². The topological polar surface area (TPSA) is 72.8 Å². The standard InChI is InChI=1S/C83H158O5/c1-3-5-7-9-11-13-15-17-19-21-23-25-27-29-31-33-35-37-39-40-41-42-44-46-48-50-52-54-56-58-60-62-64-66-68-70-72-74-76-78-83(86)88-81(79-84)80-87-82(85)77-75-73-71-69-67-65-63-61-59-57-55-53-51-49-47-45-43-38-36-34-32-30-28-26-24-22-20-18-16-14-12-10-8-6-4-2/h15,17,21-24,81,84H,3-14,16,18-20,25-80H2,1-2H3/b17-15-,23-21-,24-22-. The van der Waals surface area contributed by atoms with Crippen molar-refractivity contribution in [2.75, 3.05) is 13.2 Å². The Kier molecular flexibility index (Phi) is 77.7. The van der Waals surface area contributed by atoms with Crippen LogP contribution in [0.25, 0.3) is 0 Å². The minimum Gasteiger partial charge on any atom is -0.462 e. The highest BCUT2D eigenvalue weighted by Gasteiger charge is 2.16. The van der Waals surface area contributed by atoms with E-state index in [1.54, 1.807) is 0 Å². The van der Waals surface area contributed by atoms with Gasteiger partial charge in [0.15, 0.2) is 6.10 Å². The maximum Gasteiger partial charge on any atom is 0.306 e. The van der Waals surface area contributed by atoms with Gasteiger partial charge in [-0.05, 0) is 70.6 Å². The van der Waals surface area contributed by atoms with Crippen molar-refractivity contribution < 1.29 is 24.2 Å². The largest absolute Gasteiger partial charge is 0.462 e. The number of aliphatic hydroxyl groups excluding tert-OH is 1. The van der Waals surface area contributed by atoms with Gasteiger partial charge in [0, 0.05) is 12.8 Å². The number of allylic oxidation sites excluding steroid dienone is 6. The monoisotopic (exact) mass is 1240 g/mol. The second kappa shape index (κ2) is 79.4. The average Bonchev–Trinajstić information content (AvgIpc) is 3.54. The third kappa shape index (κ3) is 76.6. The van der Waals surface area contributed by atoms with Crippen molar-refractivity contribution in [1.29, 1.82) is 0 Å². The normalized spacial score (nSPS) is 12.3. The maximum absolute atomic E-state index is 12.4. The highest BCUT2D eigenvalue weighted by Crippen LogP contribution is 2.20. The summed E-state index contributed by atoms with van der Waals surface area (Å²) in [4.78, 5) is 24.7. The molecule has 0 amide bonds. The summed E-state index contributed by atoms with van der Waals surface area (Å²) in [6.45, 7) is 4.20. The minimum absolute atomic E-state index is 0.0578. The van der Waals surface area contributed by atoms with E-state index in [4.69, 9.17) is 9.47 Å². The molecule has 0 saturated carbocycles. The Morgan fingerprint density at radius 1 is 0.261 bits per heavy atom. The van der Waals surface area contributed by atoms with Gasteiger partial charge in [0.05, 0.1) is 6.61 Å². The molecule has 520 valence electrons. The van der Waals surface area contributed by atoms with Gasteiger partial charge < -0.3 is 14.6 Å². The number of aliphatic hydroxyl groups is 1. The number of rotatable bonds is 77. The first-order valence-electron chi connectivity index (χ1n) is 40.5. The van der Waals surface area contributed by atoms with Crippen LogP contribution in [0.2, 0.25) is 0 Å². The predicted molar refractivity (Wildman–Crippen MR) is 390 cm³/mol. The van der Waals surface area contributed by atoms with Gasteiger partial charge in [0.1, 0.15) is 6.61 Å². The lowest BCUT2D eigenvalue weighted by Gasteiger charge is -2.15. The number of carbonyl (C=O) groups excluding carboxylic acids is 2. The molecule has 0 bridgehead atoms. The predicted octanol–water partition coefficient (Wildman–Crippen LogP) is 28.4. The van der Waals surface area contributed by atoms with E-state index < -0.39 is 6.10 Å². The van der Waals surface area contributed by atoms with E-state index in [1.807, 2.05) is 0 Å². The smallest absolute Gasteiger partial charge is 0.306 e. The van der Waals surface area contributed by atoms with Crippen molar-refractivity contribution in [3.05, 3.63) is 36.5 Å². The molecule has 0 aromatic carbocycles. The summed E-state index contributed by atoms with van der Waals surface area (Å²) in [5.41, 5.74) is 0. The van der Waals surface area contributed by atoms with Crippen LogP contribution < -0.4 is 0 Å². The molecule has 5 nitrogen and oxygen atoms in total. The molecule has 0 aliphatic rings. The molecule has 1 unspecified atom stereocenters. The maximum atomic E-state index is 12.4. The third-order valence-electron chi connectivity index (χ3n) is 18.9. The van der Waals surface area contributed by atoms with E-state index >= 15 is 0 Å². The summed E-state index contributed by atoms with van der Waals surface area (Å²) >= 11 is 0. The van der Waals surface area contributed by atoms with E-state index in [-0.39, 0.29) is 25.2 Å². The molecule has 0 radical (unpaired) electrons. The highest BCUT2D eigenvalue weighted by atomic mass is 16.6. The fourth-order valence-corrected chi connectivity index (χ4v) is 12.8. The lowest BCUT2D eigenvalue weighted by Crippen LogP contribution is -2.28. The van der Waals surface area contributed by atoms with E-state index in [2.05, 4.69) is 50.3 Å². The molecule has 0 spiro atoms. The minimum atomic E-state index is -0.769. The molecule has 0 rings (SSSR count). The summed E-state index contributed by atoms with van der Waals surface area (Å²) in [6.07, 6.45) is 107. The van der Waals surface area contributed by atoms with Crippen molar-refractivity contribution in [2.45, 2.75) is 469 Å². The van der Waals surface area contributed by atoms with Gasteiger partial charge in [-0.15, -0.1) is 0 Å². The molecule has 5 heteroatoms. The Morgan fingerprint density at radius 3 is 0.682 bits per heavy atom. The molecule has 0 saturated heterocycles. The number of hydrogen-bond acceptors (Lipinski definition) is 5. The van der Waals surface area contributed by atoms with Crippen molar-refractivity contribution in [3.8, 4) is 0 Å². The fourth-order valence-electron chi connectivity index (χ4n) is 12.8. The van der Waals surface area contributed by atoms with E-state index in [0.717, 1.165) is 38.5 Å². The van der Waals surface area contributed by atoms with Crippen LogP contribution >= 0.6 is 0 Å². The van der Waals surface area contributed by atoms with Crippen LogP contribution in [0.15, 0.2) is 36.5 Å². The number of ether oxygens (including phenoxy) is 2. The van der Waals surface area contributed by atoms with Gasteiger partial charge in [0.25, 0.3) is 0 Å². The van der Waals surface area contributed by atoms with E-state index in [1.165, 1.54) is 398 Å². The van der Waals surface area contributed by atoms with Crippen molar-refractivity contribution in [1.82, 2.24) is 0 Å². The Balaban J connectivity index is 3.35. The Labute approximate surface area is 552 Å². The van der Waals surface area contributed by atoms with Crippen molar-refractivity contribution >= 4 is 11.9 Å². The SMILES string of the molecule is CCCCCCC/C=C\C/C=C\CCCCCCCCCCCCCCCCCCCCCCCCCCCCCC(=O)OC(CO)COC(=O)CCCCCCCCCCCCCCCCCCCCCCCCC/C=C\CCCCCCCCCC. The van der Waals surface area contributed by atoms with Gasteiger partial charge in [-0.1, -0.05) is 416 Å². The zero-order valence-corrected chi connectivity index (χ0v) is 60.0. The Bertz CT molecular complexity index is 1400. The van der Waals surface area contributed by atoms with Crippen LogP contribution in [0.1, 0.15) is 463 Å². The zero-order chi connectivity index (χ0) is 63.3. The van der Waals surface area contributed by atoms with Crippen LogP contribution in [0.4, 0.5) is 0 Å². The molecule has 0 aliphatic heterocycles. The summed E-state index contributed by atoms with van der Waals surface area (Å²) in [6, 6.07) is 0. The van der Waals surface area contributed by atoms with Crippen molar-refractivity contribution in [3.63, 3.8) is 0 Å². The number of unbranched alkanes of at least 4 members (excludes halogenated alkanes) is 63. The summed E-state index contributed by atoms with van der Waals surface area (Å²) < 4.78 is 10.8. The number of hydrogen-bond donors (Lipinski definition) is 1. The Hall–Kier alpha value is -1.88. The number of esters is 2. The molecule has 0 fully saturated rings. The fraction of sp³-hybridized carbons (Fsp3) is 0.904. The van der Waals surface area contributed by atoms with Gasteiger partial charge in [0.2, 0.25) is 0 Å². The van der Waals surface area contributed by atoms with Gasteiger partial charge in [-0.2, -0.15) is 0 Å². The lowest BCUT2D eigenvalue weighted by molar-refractivity contribution is -0.161. The molecular weight excluding hydrogens is 1080 g/mol. The number of carbonyl (C=O) groups is 2.